The molecule has 1 heterocycles. The summed E-state index contributed by atoms with van der Waals surface area (Å²) in [6.45, 7) is 1.32. The van der Waals surface area contributed by atoms with E-state index in [4.69, 9.17) is 15.0 Å². The van der Waals surface area contributed by atoms with Gasteiger partial charge in [-0.3, -0.25) is 0 Å². The second-order valence-corrected chi connectivity index (χ2v) is 4.15. The summed E-state index contributed by atoms with van der Waals surface area (Å²) in [6, 6.07) is 0. The molecule has 4 heteroatoms. The molecule has 0 aromatic carbocycles. The smallest absolute Gasteiger partial charge is 0.140 e. The van der Waals surface area contributed by atoms with Gasteiger partial charge in [0.1, 0.15) is 11.5 Å². The van der Waals surface area contributed by atoms with Crippen LogP contribution >= 0.6 is 0 Å². The molecule has 1 aromatic rings. The summed E-state index contributed by atoms with van der Waals surface area (Å²) >= 11 is 0. The van der Waals surface area contributed by atoms with Gasteiger partial charge in [-0.2, -0.15) is 0 Å². The Morgan fingerprint density at radius 2 is 2.47 bits per heavy atom. The van der Waals surface area contributed by atoms with Crippen molar-refractivity contribution in [1.29, 1.82) is 0 Å². The van der Waals surface area contributed by atoms with Gasteiger partial charge in [0.15, 0.2) is 0 Å². The highest BCUT2D eigenvalue weighted by atomic mass is 16.5. The Morgan fingerprint density at radius 1 is 1.60 bits per heavy atom. The van der Waals surface area contributed by atoms with Crippen LogP contribution in [0, 0.1) is 5.92 Å². The monoisotopic (exact) mass is 210 g/mol. The molecule has 0 fully saturated rings. The SMILES string of the molecule is COCc1noc2c1CCC(CCN)C2. The maximum Gasteiger partial charge on any atom is 0.140 e. The van der Waals surface area contributed by atoms with E-state index in [0.717, 1.165) is 37.3 Å². The Labute approximate surface area is 89.8 Å². The van der Waals surface area contributed by atoms with Crippen LogP contribution in [-0.2, 0) is 24.2 Å². The number of ether oxygens (including phenoxy) is 1. The van der Waals surface area contributed by atoms with E-state index in [9.17, 15) is 0 Å². The van der Waals surface area contributed by atoms with Gasteiger partial charge in [-0.05, 0) is 31.7 Å². The standard InChI is InChI=1S/C11H18N2O2/c1-14-7-10-9-3-2-8(4-5-12)6-11(9)15-13-10/h8H,2-7,12H2,1H3. The second kappa shape index (κ2) is 4.77. The van der Waals surface area contributed by atoms with Gasteiger partial charge in [-0.25, -0.2) is 0 Å². The van der Waals surface area contributed by atoms with E-state index in [1.54, 1.807) is 7.11 Å². The third-order valence-corrected chi connectivity index (χ3v) is 3.08. The molecule has 0 amide bonds. The van der Waals surface area contributed by atoms with E-state index in [1.807, 2.05) is 0 Å². The third-order valence-electron chi connectivity index (χ3n) is 3.08. The summed E-state index contributed by atoms with van der Waals surface area (Å²) in [4.78, 5) is 0. The molecule has 1 unspecified atom stereocenters. The molecule has 0 aliphatic heterocycles. The van der Waals surface area contributed by atoms with Gasteiger partial charge in [0.2, 0.25) is 0 Å². The van der Waals surface area contributed by atoms with Crippen molar-refractivity contribution >= 4 is 0 Å². The summed E-state index contributed by atoms with van der Waals surface area (Å²) in [7, 11) is 1.68. The number of hydrogen-bond donors (Lipinski definition) is 1. The molecule has 0 bridgehead atoms. The lowest BCUT2D eigenvalue weighted by molar-refractivity contribution is 0.176. The summed E-state index contributed by atoms with van der Waals surface area (Å²) in [5.74, 6) is 1.72. The topological polar surface area (TPSA) is 61.3 Å². The fourth-order valence-corrected chi connectivity index (χ4v) is 2.27. The van der Waals surface area contributed by atoms with Crippen molar-refractivity contribution in [3.05, 3.63) is 17.0 Å². The molecular weight excluding hydrogens is 192 g/mol. The molecule has 84 valence electrons. The number of nitrogens with two attached hydrogens (primary N) is 1. The van der Waals surface area contributed by atoms with Crippen molar-refractivity contribution in [3.63, 3.8) is 0 Å². The first-order chi connectivity index (χ1) is 7.35. The van der Waals surface area contributed by atoms with Crippen LogP contribution in [-0.4, -0.2) is 18.8 Å². The third kappa shape index (κ3) is 2.21. The highest BCUT2D eigenvalue weighted by Gasteiger charge is 2.24. The van der Waals surface area contributed by atoms with Gasteiger partial charge < -0.3 is 15.0 Å². The first kappa shape index (κ1) is 10.6. The average Bonchev–Trinajstić information content (AvgIpc) is 2.62. The van der Waals surface area contributed by atoms with Gasteiger partial charge in [0, 0.05) is 19.1 Å². The zero-order valence-electron chi connectivity index (χ0n) is 9.16. The Kier molecular flexibility index (Phi) is 3.38. The molecule has 1 aromatic heterocycles. The van der Waals surface area contributed by atoms with Crippen molar-refractivity contribution in [3.8, 4) is 0 Å². The van der Waals surface area contributed by atoms with Crippen LogP contribution in [0.2, 0.25) is 0 Å². The van der Waals surface area contributed by atoms with E-state index in [-0.39, 0.29) is 0 Å². The fraction of sp³-hybridized carbons (Fsp3) is 0.727. The molecule has 0 saturated carbocycles. The minimum atomic E-state index is 0.556. The number of rotatable bonds is 4. The first-order valence-corrected chi connectivity index (χ1v) is 5.50. The number of fused-ring (bicyclic) bond motifs is 1. The predicted octanol–water partition coefficient (Wildman–Crippen LogP) is 1.27. The largest absolute Gasteiger partial charge is 0.378 e. The van der Waals surface area contributed by atoms with Crippen LogP contribution in [0.25, 0.3) is 0 Å². The van der Waals surface area contributed by atoms with Crippen LogP contribution in [0.15, 0.2) is 4.52 Å². The summed E-state index contributed by atoms with van der Waals surface area (Å²) in [5.41, 5.74) is 7.81. The van der Waals surface area contributed by atoms with Crippen molar-refractivity contribution in [2.75, 3.05) is 13.7 Å². The predicted molar refractivity (Wildman–Crippen MR) is 56.4 cm³/mol. The molecule has 2 N–H and O–H groups in total. The lowest BCUT2D eigenvalue weighted by Gasteiger charge is -2.19. The van der Waals surface area contributed by atoms with Crippen molar-refractivity contribution < 1.29 is 9.26 Å². The van der Waals surface area contributed by atoms with Crippen LogP contribution < -0.4 is 5.73 Å². The van der Waals surface area contributed by atoms with Gasteiger partial charge in [0.25, 0.3) is 0 Å². The van der Waals surface area contributed by atoms with E-state index in [1.165, 1.54) is 12.0 Å². The Hall–Kier alpha value is -0.870. The lowest BCUT2D eigenvalue weighted by atomic mass is 9.85. The van der Waals surface area contributed by atoms with Crippen LogP contribution in [0.3, 0.4) is 0 Å². The van der Waals surface area contributed by atoms with E-state index in [2.05, 4.69) is 5.16 Å². The number of nitrogens with zero attached hydrogens (tertiary/aromatic N) is 1. The maximum absolute atomic E-state index is 5.57. The molecule has 0 radical (unpaired) electrons. The van der Waals surface area contributed by atoms with E-state index in [0.29, 0.717) is 12.5 Å². The Balaban J connectivity index is 2.08. The van der Waals surface area contributed by atoms with Gasteiger partial charge in [-0.15, -0.1) is 0 Å². The minimum Gasteiger partial charge on any atom is -0.378 e. The highest BCUT2D eigenvalue weighted by Crippen LogP contribution is 2.29. The number of aromatic nitrogens is 1. The number of methoxy groups -OCH3 is 1. The first-order valence-electron chi connectivity index (χ1n) is 5.50. The lowest BCUT2D eigenvalue weighted by Crippen LogP contribution is -2.17. The number of hydrogen-bond acceptors (Lipinski definition) is 4. The Bertz CT molecular complexity index is 322. The summed E-state index contributed by atoms with van der Waals surface area (Å²) in [5, 5.41) is 4.05. The van der Waals surface area contributed by atoms with Crippen LogP contribution in [0.4, 0.5) is 0 Å². The average molecular weight is 210 g/mol. The molecule has 4 nitrogen and oxygen atoms in total. The normalized spacial score (nSPS) is 20.3. The van der Waals surface area contributed by atoms with Crippen molar-refractivity contribution in [2.45, 2.75) is 32.3 Å². The van der Waals surface area contributed by atoms with Crippen molar-refractivity contribution in [1.82, 2.24) is 5.16 Å². The maximum atomic E-state index is 5.57. The molecule has 1 aliphatic carbocycles. The van der Waals surface area contributed by atoms with Gasteiger partial charge in [-0.1, -0.05) is 5.16 Å². The highest BCUT2D eigenvalue weighted by molar-refractivity contribution is 5.25. The van der Waals surface area contributed by atoms with Gasteiger partial charge >= 0.3 is 0 Å². The molecule has 1 aliphatic rings. The fourth-order valence-electron chi connectivity index (χ4n) is 2.27. The Morgan fingerprint density at radius 3 is 3.20 bits per heavy atom. The second-order valence-electron chi connectivity index (χ2n) is 4.15. The molecule has 0 spiro atoms. The summed E-state index contributed by atoms with van der Waals surface area (Å²) in [6.07, 6.45) is 4.33. The van der Waals surface area contributed by atoms with Crippen LogP contribution in [0.1, 0.15) is 29.9 Å². The quantitative estimate of drug-likeness (QED) is 0.813. The zero-order chi connectivity index (χ0) is 10.7. The zero-order valence-corrected chi connectivity index (χ0v) is 9.16. The molecular formula is C11H18N2O2. The minimum absolute atomic E-state index is 0.556. The van der Waals surface area contributed by atoms with Gasteiger partial charge in [0.05, 0.1) is 6.61 Å². The van der Waals surface area contributed by atoms with Crippen LogP contribution in [0.5, 0.6) is 0 Å². The molecule has 2 rings (SSSR count). The van der Waals surface area contributed by atoms with Crippen molar-refractivity contribution in [2.24, 2.45) is 11.7 Å². The molecule has 15 heavy (non-hydrogen) atoms. The molecule has 1 atom stereocenters. The van der Waals surface area contributed by atoms with E-state index < -0.39 is 0 Å². The summed E-state index contributed by atoms with van der Waals surface area (Å²) < 4.78 is 10.4. The molecule has 0 saturated heterocycles. The van der Waals surface area contributed by atoms with E-state index >= 15 is 0 Å².